The predicted molar refractivity (Wildman–Crippen MR) is 135 cm³/mol. The lowest BCUT2D eigenvalue weighted by Gasteiger charge is -2.49. The van der Waals surface area contributed by atoms with Crippen LogP contribution in [-0.4, -0.2) is 68.4 Å². The lowest BCUT2D eigenvalue weighted by atomic mass is 10.0. The Bertz CT molecular complexity index is 1270. The Kier molecular flexibility index (Phi) is 8.04. The van der Waals surface area contributed by atoms with Crippen LogP contribution in [0, 0.1) is 0 Å². The molecule has 2 aromatic rings. The molecule has 2 amide bonds. The van der Waals surface area contributed by atoms with Crippen LogP contribution in [0.4, 0.5) is 0 Å². The second kappa shape index (κ2) is 11.0. The molecule has 2 aromatic carbocycles. The molecule has 2 atom stereocenters. The Morgan fingerprint density at radius 3 is 2.58 bits per heavy atom. The zero-order valence-electron chi connectivity index (χ0n) is 18.3. The number of carboxylic acids is 1. The minimum atomic E-state index is -1.33. The van der Waals surface area contributed by atoms with E-state index in [-0.39, 0.29) is 40.7 Å². The number of halogens is 2. The number of β-lactam (4-membered cyclic amide) rings is 1. The molecule has 2 aliphatic rings. The number of carboxylic acid groups (broad SMARTS) is 1. The van der Waals surface area contributed by atoms with Crippen molar-refractivity contribution in [3.8, 4) is 5.75 Å². The number of aliphatic carboxylic acids is 1. The first-order valence-corrected chi connectivity index (χ1v) is 13.2. The van der Waals surface area contributed by atoms with Gasteiger partial charge in [-0.25, -0.2) is 9.59 Å². The number of carbonyl (C=O) groups is 4. The maximum atomic E-state index is 12.8. The molecule has 13 heteroatoms. The highest BCUT2D eigenvalue weighted by atomic mass is 35.5. The number of ether oxygens (including phenoxy) is 1. The summed E-state index contributed by atoms with van der Waals surface area (Å²) in [5.74, 6) is -2.84. The van der Waals surface area contributed by atoms with Crippen molar-refractivity contribution in [2.45, 2.75) is 16.3 Å². The van der Waals surface area contributed by atoms with Gasteiger partial charge in [-0.1, -0.05) is 23.2 Å². The second-order valence-corrected chi connectivity index (χ2v) is 10.7. The first-order valence-electron chi connectivity index (χ1n) is 10.4. The molecule has 0 spiro atoms. The number of nitrogens with zero attached hydrogens (tertiary/aromatic N) is 1. The molecule has 36 heavy (non-hydrogen) atoms. The zero-order valence-corrected chi connectivity index (χ0v) is 21.4. The molecular weight excluding hydrogens is 551 g/mol. The van der Waals surface area contributed by atoms with Gasteiger partial charge in [-0.05, 0) is 42.5 Å². The van der Waals surface area contributed by atoms with Gasteiger partial charge in [-0.15, -0.1) is 23.5 Å². The molecule has 1 saturated heterocycles. The molecule has 3 N–H and O–H groups in total. The van der Waals surface area contributed by atoms with Gasteiger partial charge in [0.25, 0.3) is 5.91 Å². The van der Waals surface area contributed by atoms with Crippen molar-refractivity contribution in [2.75, 3.05) is 18.1 Å². The van der Waals surface area contributed by atoms with E-state index in [1.54, 1.807) is 18.2 Å². The number of thioether (sulfide) groups is 2. The van der Waals surface area contributed by atoms with E-state index in [9.17, 15) is 29.4 Å². The number of hydrogen-bond donors (Lipinski definition) is 3. The summed E-state index contributed by atoms with van der Waals surface area (Å²) in [5.41, 5.74) is 0.194. The van der Waals surface area contributed by atoms with Gasteiger partial charge in [0.05, 0.1) is 16.3 Å². The fourth-order valence-corrected chi connectivity index (χ4v) is 6.21. The van der Waals surface area contributed by atoms with Crippen molar-refractivity contribution in [2.24, 2.45) is 0 Å². The summed E-state index contributed by atoms with van der Waals surface area (Å²) in [6.45, 7) is -0.321. The molecule has 2 aliphatic heterocycles. The molecule has 1 fully saturated rings. The molecule has 0 aromatic heterocycles. The standard InChI is InChI=1S/C23H18Cl2N2O7S2/c24-13-3-6-15(25)16(7-13)35-10-17(29)26-18-20(30)27-19(22(31)32)12(9-36-21(18)27)8-34-23(33)11-1-4-14(28)5-2-11/h1-7,18,21,28H,8-10H2,(H,26,29)(H,31,32)/t18-,21?/m1/s1. The minimum absolute atomic E-state index is 0.0121. The first-order chi connectivity index (χ1) is 17.2. The first kappa shape index (κ1) is 26.2. The Labute approximate surface area is 223 Å². The summed E-state index contributed by atoms with van der Waals surface area (Å²) >= 11 is 14.5. The number of rotatable bonds is 8. The summed E-state index contributed by atoms with van der Waals surface area (Å²) in [5, 5.41) is 22.1. The summed E-state index contributed by atoms with van der Waals surface area (Å²) < 4.78 is 5.23. The van der Waals surface area contributed by atoms with E-state index >= 15 is 0 Å². The molecule has 0 radical (unpaired) electrons. The van der Waals surface area contributed by atoms with Crippen molar-refractivity contribution in [1.82, 2.24) is 10.2 Å². The van der Waals surface area contributed by atoms with Crippen molar-refractivity contribution >= 4 is 70.5 Å². The van der Waals surface area contributed by atoms with Gasteiger partial charge in [-0.3, -0.25) is 14.5 Å². The van der Waals surface area contributed by atoms with Crippen molar-refractivity contribution in [3.05, 3.63) is 69.3 Å². The monoisotopic (exact) mass is 568 g/mol. The molecule has 1 unspecified atom stereocenters. The second-order valence-electron chi connectivity index (χ2n) is 7.70. The molecule has 188 valence electrons. The van der Waals surface area contributed by atoms with Crippen molar-refractivity contribution in [1.29, 1.82) is 0 Å². The lowest BCUT2D eigenvalue weighted by Crippen LogP contribution is -2.70. The predicted octanol–water partition coefficient (Wildman–Crippen LogP) is 3.39. The van der Waals surface area contributed by atoms with E-state index in [2.05, 4.69) is 5.32 Å². The number of fused-ring (bicyclic) bond motifs is 1. The van der Waals surface area contributed by atoms with Gasteiger partial charge in [0.1, 0.15) is 29.5 Å². The maximum Gasteiger partial charge on any atom is 0.352 e. The van der Waals surface area contributed by atoms with Crippen LogP contribution in [0.25, 0.3) is 0 Å². The third kappa shape index (κ3) is 5.59. The van der Waals surface area contributed by atoms with Crippen LogP contribution < -0.4 is 5.32 Å². The minimum Gasteiger partial charge on any atom is -0.508 e. The fraction of sp³-hybridized carbons (Fsp3) is 0.217. The zero-order chi connectivity index (χ0) is 26.0. The van der Waals surface area contributed by atoms with Gasteiger partial charge < -0.3 is 20.3 Å². The van der Waals surface area contributed by atoms with Crippen molar-refractivity contribution in [3.63, 3.8) is 0 Å². The quantitative estimate of drug-likeness (QED) is 0.249. The van der Waals surface area contributed by atoms with Crippen LogP contribution in [0.2, 0.25) is 10.0 Å². The molecular formula is C23H18Cl2N2O7S2. The van der Waals surface area contributed by atoms with E-state index < -0.39 is 35.2 Å². The molecule has 4 rings (SSSR count). The number of hydrogen-bond acceptors (Lipinski definition) is 8. The van der Waals surface area contributed by atoms with Crippen LogP contribution in [0.15, 0.2) is 58.6 Å². The average Bonchev–Trinajstić information content (AvgIpc) is 2.85. The summed E-state index contributed by atoms with van der Waals surface area (Å²) in [4.78, 5) is 51.2. The average molecular weight is 569 g/mol. The van der Waals surface area contributed by atoms with Gasteiger partial charge in [-0.2, -0.15) is 0 Å². The van der Waals surface area contributed by atoms with E-state index in [1.165, 1.54) is 36.0 Å². The highest BCUT2D eigenvalue weighted by Gasteiger charge is 2.54. The fourth-order valence-electron chi connectivity index (χ4n) is 3.57. The van der Waals surface area contributed by atoms with Crippen LogP contribution in [0.1, 0.15) is 10.4 Å². The van der Waals surface area contributed by atoms with E-state index in [0.29, 0.717) is 14.9 Å². The Morgan fingerprint density at radius 1 is 1.17 bits per heavy atom. The smallest absolute Gasteiger partial charge is 0.352 e. The molecule has 0 bridgehead atoms. The molecule has 0 saturated carbocycles. The lowest BCUT2D eigenvalue weighted by molar-refractivity contribution is -0.150. The molecule has 0 aliphatic carbocycles. The Morgan fingerprint density at radius 2 is 1.89 bits per heavy atom. The van der Waals surface area contributed by atoms with Crippen LogP contribution in [0.5, 0.6) is 5.75 Å². The number of amides is 2. The van der Waals surface area contributed by atoms with E-state index in [0.717, 1.165) is 16.7 Å². The van der Waals surface area contributed by atoms with E-state index in [1.807, 2.05) is 0 Å². The maximum absolute atomic E-state index is 12.8. The van der Waals surface area contributed by atoms with Crippen LogP contribution in [-0.2, 0) is 19.1 Å². The third-order valence-electron chi connectivity index (χ3n) is 5.30. The SMILES string of the molecule is O=C(CSc1cc(Cl)ccc1Cl)N[C@@H]1C(=O)N2C(C(=O)O)=C(COC(=O)c3ccc(O)cc3)CSC12. The number of aromatic hydroxyl groups is 1. The highest BCUT2D eigenvalue weighted by molar-refractivity contribution is 8.00. The van der Waals surface area contributed by atoms with Crippen LogP contribution in [0.3, 0.4) is 0 Å². The summed E-state index contributed by atoms with van der Waals surface area (Å²) in [6, 6.07) is 9.41. The number of carbonyl (C=O) groups excluding carboxylic acids is 3. The highest BCUT2D eigenvalue weighted by Crippen LogP contribution is 2.40. The van der Waals surface area contributed by atoms with Gasteiger partial charge in [0, 0.05) is 21.2 Å². The normalized spacial score (nSPS) is 18.8. The molecule has 9 nitrogen and oxygen atoms in total. The summed E-state index contributed by atoms with van der Waals surface area (Å²) in [7, 11) is 0. The Hall–Kier alpha value is -2.86. The van der Waals surface area contributed by atoms with Gasteiger partial charge in [0.15, 0.2) is 0 Å². The summed E-state index contributed by atoms with van der Waals surface area (Å²) in [6.07, 6.45) is 0. The topological polar surface area (TPSA) is 133 Å². The van der Waals surface area contributed by atoms with Gasteiger partial charge in [0.2, 0.25) is 5.91 Å². The largest absolute Gasteiger partial charge is 0.508 e. The Balaban J connectivity index is 1.38. The number of phenols is 1. The molecule has 2 heterocycles. The number of phenolic OH excluding ortho intramolecular Hbond substituents is 1. The number of benzene rings is 2. The number of nitrogens with one attached hydrogen (secondary N) is 1. The third-order valence-corrected chi connectivity index (χ3v) is 8.37. The van der Waals surface area contributed by atoms with Crippen LogP contribution >= 0.6 is 46.7 Å². The van der Waals surface area contributed by atoms with Gasteiger partial charge >= 0.3 is 11.9 Å². The van der Waals surface area contributed by atoms with Crippen molar-refractivity contribution < 1.29 is 34.1 Å². The van der Waals surface area contributed by atoms with E-state index in [4.69, 9.17) is 27.9 Å². The number of esters is 1.